The van der Waals surface area contributed by atoms with Crippen LogP contribution in [0.4, 0.5) is 0 Å². The van der Waals surface area contributed by atoms with Crippen LogP contribution in [0.15, 0.2) is 30.3 Å². The largest absolute Gasteiger partial charge is 0.496 e. The Morgan fingerprint density at radius 1 is 1.36 bits per heavy atom. The van der Waals surface area contributed by atoms with Crippen LogP contribution in [-0.2, 0) is 19.7 Å². The van der Waals surface area contributed by atoms with Crippen molar-refractivity contribution >= 4 is 11.5 Å². The van der Waals surface area contributed by atoms with Gasteiger partial charge in [-0.25, -0.2) is 0 Å². The van der Waals surface area contributed by atoms with E-state index in [4.69, 9.17) is 9.47 Å². The van der Waals surface area contributed by atoms with E-state index in [2.05, 4.69) is 11.0 Å². The molecule has 1 aromatic rings. The monoisotopic (exact) mass is 338 g/mol. The van der Waals surface area contributed by atoms with Crippen molar-refractivity contribution < 1.29 is 14.3 Å². The summed E-state index contributed by atoms with van der Waals surface area (Å²) in [7, 11) is 1.64. The zero-order valence-electron chi connectivity index (χ0n) is 14.6. The molecule has 1 saturated carbocycles. The summed E-state index contributed by atoms with van der Waals surface area (Å²) in [5.74, 6) is 0.672. The fourth-order valence-electron chi connectivity index (χ4n) is 4.95. The fourth-order valence-corrected chi connectivity index (χ4v) is 4.95. The predicted octanol–water partition coefficient (Wildman–Crippen LogP) is 2.13. The van der Waals surface area contributed by atoms with Gasteiger partial charge in [0.15, 0.2) is 0 Å². The van der Waals surface area contributed by atoms with Gasteiger partial charge in [0.05, 0.1) is 31.8 Å². The summed E-state index contributed by atoms with van der Waals surface area (Å²) < 4.78 is 11.1. The van der Waals surface area contributed by atoms with Crippen LogP contribution in [0.3, 0.4) is 0 Å². The Balaban J connectivity index is 1.87. The molecule has 2 fully saturated rings. The van der Waals surface area contributed by atoms with Crippen LogP contribution in [0, 0.1) is 17.2 Å². The first-order valence-electron chi connectivity index (χ1n) is 8.71. The molecule has 3 aliphatic rings. The molecule has 0 spiro atoms. The molecule has 25 heavy (non-hydrogen) atoms. The first-order valence-corrected chi connectivity index (χ1v) is 8.71. The minimum absolute atomic E-state index is 0.121. The van der Waals surface area contributed by atoms with Crippen molar-refractivity contribution in [3.63, 3.8) is 0 Å². The van der Waals surface area contributed by atoms with Crippen molar-refractivity contribution in [2.75, 3.05) is 33.4 Å². The smallest absolute Gasteiger partial charge is 0.141 e. The highest BCUT2D eigenvalue weighted by atomic mass is 16.5. The second-order valence-corrected chi connectivity index (χ2v) is 7.10. The third-order valence-corrected chi connectivity index (χ3v) is 6.20. The molecular weight excluding hydrogens is 316 g/mol. The van der Waals surface area contributed by atoms with Crippen LogP contribution in [0.5, 0.6) is 0 Å². The summed E-state index contributed by atoms with van der Waals surface area (Å²) in [6, 6.07) is 10.5. The topological polar surface area (TPSA) is 62.6 Å². The SMILES string of the molecule is COC1=C[C@@H]2[C@@](C(C)=O)(C[C@@]2(C#N)N2CCOCC2)c2ccccc21. The van der Waals surface area contributed by atoms with Gasteiger partial charge in [-0.15, -0.1) is 0 Å². The van der Waals surface area contributed by atoms with Crippen LogP contribution >= 0.6 is 0 Å². The van der Waals surface area contributed by atoms with Gasteiger partial charge in [0, 0.05) is 24.6 Å². The summed E-state index contributed by atoms with van der Waals surface area (Å²) in [5.41, 5.74) is 0.648. The molecule has 0 N–H and O–H groups in total. The molecule has 2 aliphatic carbocycles. The Kier molecular flexibility index (Phi) is 3.71. The highest BCUT2D eigenvalue weighted by Gasteiger charge is 2.70. The maximum absolute atomic E-state index is 12.8. The third kappa shape index (κ3) is 1.98. The Hall–Kier alpha value is -2.16. The van der Waals surface area contributed by atoms with Crippen molar-refractivity contribution in [3.8, 4) is 6.07 Å². The number of methoxy groups -OCH3 is 1. The van der Waals surface area contributed by atoms with Gasteiger partial charge in [0.25, 0.3) is 0 Å². The number of carbonyl (C=O) groups is 1. The van der Waals surface area contributed by atoms with E-state index in [-0.39, 0.29) is 11.7 Å². The van der Waals surface area contributed by atoms with E-state index in [0.717, 1.165) is 30.0 Å². The molecule has 0 bridgehead atoms. The number of Topliss-reactive ketones (excluding diaryl/α,β-unsaturated/α-hetero) is 1. The van der Waals surface area contributed by atoms with Gasteiger partial charge in [-0.2, -0.15) is 5.26 Å². The summed E-state index contributed by atoms with van der Waals surface area (Å²) >= 11 is 0. The van der Waals surface area contributed by atoms with Crippen LogP contribution in [0.2, 0.25) is 0 Å². The number of nitriles is 1. The molecular formula is C20H22N2O3. The fraction of sp³-hybridized carbons (Fsp3) is 0.500. The second kappa shape index (κ2) is 5.69. The van der Waals surface area contributed by atoms with E-state index < -0.39 is 11.0 Å². The van der Waals surface area contributed by atoms with Gasteiger partial charge >= 0.3 is 0 Å². The standard InChI is InChI=1S/C20H22N2O3/c1-14(23)20-12-19(13-21,22-7-9-25-10-8-22)18(20)11-17(24-2)15-5-3-4-6-16(15)20/h3-6,11,18H,7-10,12H2,1-2H3/t18-,19-,20+/m0/s1. The lowest BCUT2D eigenvalue weighted by atomic mass is 9.43. The van der Waals surface area contributed by atoms with Crippen LogP contribution in [0.25, 0.3) is 5.76 Å². The molecule has 1 aromatic carbocycles. The maximum atomic E-state index is 12.8. The van der Waals surface area contributed by atoms with Crippen LogP contribution in [-0.4, -0.2) is 49.6 Å². The van der Waals surface area contributed by atoms with E-state index in [9.17, 15) is 10.1 Å². The summed E-state index contributed by atoms with van der Waals surface area (Å²) in [6.45, 7) is 4.34. The summed E-state index contributed by atoms with van der Waals surface area (Å²) in [4.78, 5) is 15.0. The van der Waals surface area contributed by atoms with E-state index in [1.54, 1.807) is 14.0 Å². The van der Waals surface area contributed by atoms with E-state index in [1.807, 2.05) is 30.3 Å². The van der Waals surface area contributed by atoms with Gasteiger partial charge in [-0.3, -0.25) is 9.69 Å². The zero-order valence-corrected chi connectivity index (χ0v) is 14.6. The average molecular weight is 338 g/mol. The van der Waals surface area contributed by atoms with Crippen molar-refractivity contribution in [1.29, 1.82) is 5.26 Å². The molecule has 5 nitrogen and oxygen atoms in total. The maximum Gasteiger partial charge on any atom is 0.141 e. The average Bonchev–Trinajstić information content (AvgIpc) is 2.63. The predicted molar refractivity (Wildman–Crippen MR) is 92.6 cm³/mol. The molecule has 1 heterocycles. The number of rotatable bonds is 3. The third-order valence-electron chi connectivity index (χ3n) is 6.20. The minimum Gasteiger partial charge on any atom is -0.496 e. The van der Waals surface area contributed by atoms with Crippen molar-refractivity contribution in [2.24, 2.45) is 5.92 Å². The molecule has 1 saturated heterocycles. The van der Waals surface area contributed by atoms with Crippen molar-refractivity contribution in [3.05, 3.63) is 41.5 Å². The van der Waals surface area contributed by atoms with Gasteiger partial charge in [-0.1, -0.05) is 24.3 Å². The molecule has 0 aromatic heterocycles. The van der Waals surface area contributed by atoms with Crippen molar-refractivity contribution in [1.82, 2.24) is 4.90 Å². The lowest BCUT2D eigenvalue weighted by molar-refractivity contribution is -0.142. The Morgan fingerprint density at radius 2 is 2.08 bits per heavy atom. The molecule has 0 radical (unpaired) electrons. The first kappa shape index (κ1) is 16.3. The number of ether oxygens (including phenoxy) is 2. The van der Waals surface area contributed by atoms with Gasteiger partial charge < -0.3 is 9.47 Å². The highest BCUT2D eigenvalue weighted by Crippen LogP contribution is 2.62. The normalized spacial score (nSPS) is 34.0. The Morgan fingerprint density at radius 3 is 2.72 bits per heavy atom. The number of carbonyl (C=O) groups excluding carboxylic acids is 1. The van der Waals surface area contributed by atoms with Crippen molar-refractivity contribution in [2.45, 2.75) is 24.3 Å². The quantitative estimate of drug-likeness (QED) is 0.845. The number of fused-ring (bicyclic) bond motifs is 3. The lowest BCUT2D eigenvalue weighted by Gasteiger charge is -2.63. The number of hydrogen-bond donors (Lipinski definition) is 0. The summed E-state index contributed by atoms with van der Waals surface area (Å²) in [5, 5.41) is 10.1. The molecule has 0 unspecified atom stereocenters. The number of nitrogens with zero attached hydrogens (tertiary/aromatic N) is 2. The number of ketones is 1. The molecule has 1 aliphatic heterocycles. The number of morpholine rings is 1. The molecule has 3 atom stereocenters. The van der Waals surface area contributed by atoms with Gasteiger partial charge in [0.2, 0.25) is 0 Å². The number of benzene rings is 1. The lowest BCUT2D eigenvalue weighted by Crippen LogP contribution is -2.74. The Bertz CT molecular complexity index is 790. The second-order valence-electron chi connectivity index (χ2n) is 7.10. The van der Waals surface area contributed by atoms with Gasteiger partial charge in [-0.05, 0) is 25.0 Å². The first-order chi connectivity index (χ1) is 12.1. The van der Waals surface area contributed by atoms with E-state index in [1.165, 1.54) is 0 Å². The van der Waals surface area contributed by atoms with E-state index >= 15 is 0 Å². The van der Waals surface area contributed by atoms with Crippen LogP contribution in [0.1, 0.15) is 24.5 Å². The highest BCUT2D eigenvalue weighted by molar-refractivity contribution is 5.94. The minimum atomic E-state index is -0.674. The zero-order chi connectivity index (χ0) is 17.7. The molecule has 5 heteroatoms. The van der Waals surface area contributed by atoms with E-state index in [0.29, 0.717) is 19.6 Å². The van der Waals surface area contributed by atoms with Gasteiger partial charge in [0.1, 0.15) is 17.1 Å². The molecule has 4 rings (SSSR count). The molecule has 0 amide bonds. The number of hydrogen-bond acceptors (Lipinski definition) is 5. The van der Waals surface area contributed by atoms with Crippen LogP contribution < -0.4 is 0 Å². The Labute approximate surface area is 147 Å². The summed E-state index contributed by atoms with van der Waals surface area (Å²) in [6.07, 6.45) is 2.53. The molecule has 130 valence electrons.